The van der Waals surface area contributed by atoms with Crippen molar-refractivity contribution in [2.24, 2.45) is 7.05 Å². The number of rotatable bonds is 1. The molecule has 0 saturated carbocycles. The van der Waals surface area contributed by atoms with Gasteiger partial charge in [-0.2, -0.15) is 5.10 Å². The lowest BCUT2D eigenvalue weighted by Crippen LogP contribution is -1.93. The average Bonchev–Trinajstić information content (AvgIpc) is 2.46. The molecule has 0 bridgehead atoms. The van der Waals surface area contributed by atoms with Gasteiger partial charge in [0, 0.05) is 23.2 Å². The number of hydrogen-bond acceptors (Lipinski definition) is 1. The molecule has 1 heterocycles. The van der Waals surface area contributed by atoms with Gasteiger partial charge < -0.3 is 0 Å². The van der Waals surface area contributed by atoms with E-state index in [0.29, 0.717) is 5.15 Å². The van der Waals surface area contributed by atoms with Crippen molar-refractivity contribution >= 4 is 27.5 Å². The normalized spacial score (nSPS) is 10.5. The highest BCUT2D eigenvalue weighted by molar-refractivity contribution is 9.10. The summed E-state index contributed by atoms with van der Waals surface area (Å²) in [6, 6.07) is 9.84. The lowest BCUT2D eigenvalue weighted by molar-refractivity contribution is 0.776. The fourth-order valence-corrected chi connectivity index (χ4v) is 2.06. The summed E-state index contributed by atoms with van der Waals surface area (Å²) in [6.45, 7) is 0. The van der Waals surface area contributed by atoms with Crippen LogP contribution in [0, 0.1) is 0 Å². The summed E-state index contributed by atoms with van der Waals surface area (Å²) in [5, 5.41) is 4.60. The molecule has 4 heteroatoms. The van der Waals surface area contributed by atoms with E-state index in [1.807, 2.05) is 37.4 Å². The Morgan fingerprint density at radius 2 is 2.07 bits per heavy atom. The largest absolute Gasteiger partial charge is 0.266 e. The molecule has 0 unspecified atom stereocenters. The van der Waals surface area contributed by atoms with Crippen LogP contribution in [0.25, 0.3) is 11.3 Å². The van der Waals surface area contributed by atoms with Gasteiger partial charge >= 0.3 is 0 Å². The highest BCUT2D eigenvalue weighted by Crippen LogP contribution is 2.28. The summed E-state index contributed by atoms with van der Waals surface area (Å²) in [5.74, 6) is 0. The van der Waals surface area contributed by atoms with Gasteiger partial charge in [-0.25, -0.2) is 0 Å². The van der Waals surface area contributed by atoms with Gasteiger partial charge in [0.05, 0.1) is 5.69 Å². The van der Waals surface area contributed by atoms with Crippen LogP contribution < -0.4 is 0 Å². The highest BCUT2D eigenvalue weighted by Gasteiger charge is 2.08. The Morgan fingerprint density at radius 1 is 1.36 bits per heavy atom. The Bertz CT molecular complexity index is 465. The molecule has 2 aromatic rings. The maximum Gasteiger partial charge on any atom is 0.151 e. The molecule has 2 rings (SSSR count). The van der Waals surface area contributed by atoms with Crippen molar-refractivity contribution in [2.75, 3.05) is 0 Å². The average molecular weight is 272 g/mol. The van der Waals surface area contributed by atoms with E-state index in [0.717, 1.165) is 15.7 Å². The van der Waals surface area contributed by atoms with Crippen LogP contribution >= 0.6 is 27.5 Å². The monoisotopic (exact) mass is 270 g/mol. The molecule has 0 aliphatic carbocycles. The quantitative estimate of drug-likeness (QED) is 0.776. The molecule has 1 aromatic heterocycles. The molecular formula is C10H8BrClN2. The molecule has 0 radical (unpaired) electrons. The van der Waals surface area contributed by atoms with Gasteiger partial charge in [0.1, 0.15) is 0 Å². The molecular weight excluding hydrogens is 263 g/mol. The van der Waals surface area contributed by atoms with E-state index >= 15 is 0 Å². The number of nitrogens with zero attached hydrogens (tertiary/aromatic N) is 2. The van der Waals surface area contributed by atoms with Crippen LogP contribution in [-0.2, 0) is 7.05 Å². The van der Waals surface area contributed by atoms with Gasteiger partial charge in [-0.05, 0) is 6.07 Å². The van der Waals surface area contributed by atoms with Crippen molar-refractivity contribution in [3.8, 4) is 11.3 Å². The first-order chi connectivity index (χ1) is 6.68. The second-order valence-electron chi connectivity index (χ2n) is 2.96. The van der Waals surface area contributed by atoms with E-state index in [-0.39, 0.29) is 0 Å². The van der Waals surface area contributed by atoms with E-state index in [1.54, 1.807) is 4.68 Å². The summed E-state index contributed by atoms with van der Waals surface area (Å²) in [5.41, 5.74) is 2.09. The molecule has 2 nitrogen and oxygen atoms in total. The van der Waals surface area contributed by atoms with Crippen molar-refractivity contribution in [3.63, 3.8) is 0 Å². The van der Waals surface area contributed by atoms with Gasteiger partial charge in [-0.3, -0.25) is 4.68 Å². The zero-order valence-electron chi connectivity index (χ0n) is 7.54. The Kier molecular flexibility index (Phi) is 2.61. The zero-order chi connectivity index (χ0) is 10.1. The van der Waals surface area contributed by atoms with Crippen molar-refractivity contribution in [3.05, 3.63) is 40.0 Å². The van der Waals surface area contributed by atoms with Gasteiger partial charge in [-0.1, -0.05) is 45.7 Å². The third kappa shape index (κ3) is 1.70. The molecule has 0 fully saturated rings. The minimum absolute atomic E-state index is 0.512. The third-order valence-corrected chi connectivity index (χ3v) is 2.88. The predicted octanol–water partition coefficient (Wildman–Crippen LogP) is 3.50. The fraction of sp³-hybridized carbons (Fsp3) is 0.100. The van der Waals surface area contributed by atoms with Crippen LogP contribution in [-0.4, -0.2) is 9.78 Å². The van der Waals surface area contributed by atoms with E-state index in [2.05, 4.69) is 21.0 Å². The van der Waals surface area contributed by atoms with Crippen molar-refractivity contribution in [1.82, 2.24) is 9.78 Å². The van der Waals surface area contributed by atoms with Crippen LogP contribution in [0.4, 0.5) is 0 Å². The maximum absolute atomic E-state index is 5.82. The minimum Gasteiger partial charge on any atom is -0.266 e. The number of benzene rings is 1. The van der Waals surface area contributed by atoms with E-state index in [1.165, 1.54) is 0 Å². The Balaban J connectivity index is 2.60. The Hall–Kier alpha value is -0.800. The summed E-state index contributed by atoms with van der Waals surface area (Å²) in [6.07, 6.45) is 0. The Labute approximate surface area is 95.6 Å². The van der Waals surface area contributed by atoms with Crippen molar-refractivity contribution in [2.45, 2.75) is 0 Å². The number of hydrogen-bond donors (Lipinski definition) is 0. The van der Waals surface area contributed by atoms with Crippen LogP contribution in [0.3, 0.4) is 0 Å². The van der Waals surface area contributed by atoms with Crippen molar-refractivity contribution in [1.29, 1.82) is 0 Å². The van der Waals surface area contributed by atoms with Crippen molar-refractivity contribution < 1.29 is 0 Å². The van der Waals surface area contributed by atoms with E-state index in [9.17, 15) is 0 Å². The molecule has 0 saturated heterocycles. The molecule has 0 aliphatic rings. The number of aromatic nitrogens is 2. The summed E-state index contributed by atoms with van der Waals surface area (Å²) in [7, 11) is 1.88. The number of aryl methyl sites for hydroxylation is 1. The second-order valence-corrected chi connectivity index (χ2v) is 4.20. The fourth-order valence-electron chi connectivity index (χ4n) is 1.35. The molecule has 0 amide bonds. The van der Waals surface area contributed by atoms with Gasteiger partial charge in [0.2, 0.25) is 0 Å². The van der Waals surface area contributed by atoms with Gasteiger partial charge in [0.25, 0.3) is 0 Å². The molecule has 0 spiro atoms. The number of halogens is 2. The minimum atomic E-state index is 0.512. The van der Waals surface area contributed by atoms with E-state index in [4.69, 9.17) is 11.6 Å². The topological polar surface area (TPSA) is 17.8 Å². The molecule has 0 aliphatic heterocycles. The third-order valence-electron chi connectivity index (χ3n) is 2.00. The second kappa shape index (κ2) is 3.75. The highest BCUT2D eigenvalue weighted by atomic mass is 79.9. The molecule has 72 valence electrons. The van der Waals surface area contributed by atoms with Gasteiger partial charge in [0.15, 0.2) is 5.15 Å². The lowest BCUT2D eigenvalue weighted by atomic mass is 10.1. The summed E-state index contributed by atoms with van der Waals surface area (Å²) >= 11 is 9.31. The first kappa shape index (κ1) is 9.74. The first-order valence-corrected chi connectivity index (χ1v) is 5.30. The van der Waals surface area contributed by atoms with E-state index < -0.39 is 0 Å². The maximum atomic E-state index is 5.82. The standard InChI is InChI=1S/C10H8BrClN2/c1-14-9(6-10(12)13-14)7-4-2-3-5-8(7)11/h2-6H,1H3. The van der Waals surface area contributed by atoms with Crippen LogP contribution in [0.15, 0.2) is 34.8 Å². The lowest BCUT2D eigenvalue weighted by Gasteiger charge is -2.03. The molecule has 1 aromatic carbocycles. The SMILES string of the molecule is Cn1nc(Cl)cc1-c1ccccc1Br. The Morgan fingerprint density at radius 3 is 2.64 bits per heavy atom. The summed E-state index contributed by atoms with van der Waals surface area (Å²) in [4.78, 5) is 0. The van der Waals surface area contributed by atoms with Gasteiger partial charge in [-0.15, -0.1) is 0 Å². The summed E-state index contributed by atoms with van der Waals surface area (Å²) < 4.78 is 2.81. The predicted molar refractivity (Wildman–Crippen MR) is 61.4 cm³/mol. The van der Waals surface area contributed by atoms with Crippen LogP contribution in [0.2, 0.25) is 5.15 Å². The van der Waals surface area contributed by atoms with Crippen LogP contribution in [0.1, 0.15) is 0 Å². The smallest absolute Gasteiger partial charge is 0.151 e. The molecule has 0 N–H and O–H groups in total. The molecule has 0 atom stereocenters. The zero-order valence-corrected chi connectivity index (χ0v) is 9.88. The first-order valence-electron chi connectivity index (χ1n) is 4.13. The molecule has 14 heavy (non-hydrogen) atoms. The van der Waals surface area contributed by atoms with Crippen LogP contribution in [0.5, 0.6) is 0 Å².